The number of benzene rings is 1. The Balaban J connectivity index is 3.13. The van der Waals surface area contributed by atoms with Gasteiger partial charge in [0.05, 0.1) is 0 Å². The van der Waals surface area contributed by atoms with E-state index in [-0.39, 0.29) is 0 Å². The molecular formula is C10H13ClF2N2. The highest BCUT2D eigenvalue weighted by molar-refractivity contribution is 6.22. The van der Waals surface area contributed by atoms with Gasteiger partial charge >= 0.3 is 5.38 Å². The first kappa shape index (κ1) is 12.4. The van der Waals surface area contributed by atoms with Crippen LogP contribution in [0.5, 0.6) is 0 Å². The van der Waals surface area contributed by atoms with Crippen molar-refractivity contribution in [3.05, 3.63) is 34.9 Å². The molecule has 2 nitrogen and oxygen atoms in total. The van der Waals surface area contributed by atoms with Crippen LogP contribution in [0, 0.1) is 13.8 Å². The first-order chi connectivity index (χ1) is 6.84. The molecule has 1 atom stereocenters. The number of nitrogens with two attached hydrogens (primary N) is 1. The largest absolute Gasteiger partial charge is 0.342 e. The lowest BCUT2D eigenvalue weighted by Crippen LogP contribution is -2.37. The Morgan fingerprint density at radius 2 is 1.73 bits per heavy atom. The quantitative estimate of drug-likeness (QED) is 0.479. The van der Waals surface area contributed by atoms with Gasteiger partial charge in [-0.25, -0.2) is 5.43 Å². The van der Waals surface area contributed by atoms with Gasteiger partial charge in [0.1, 0.15) is 6.04 Å². The van der Waals surface area contributed by atoms with Gasteiger partial charge in [0.2, 0.25) is 0 Å². The Kier molecular flexibility index (Phi) is 3.65. The smallest absolute Gasteiger partial charge is 0.271 e. The SMILES string of the molecule is Cc1cc(C)cc(C(NN)C(F)(F)Cl)c1. The third kappa shape index (κ3) is 3.12. The number of alkyl halides is 3. The minimum absolute atomic E-state index is 0.384. The van der Waals surface area contributed by atoms with E-state index in [2.05, 4.69) is 0 Å². The van der Waals surface area contributed by atoms with Crippen LogP contribution in [0.3, 0.4) is 0 Å². The average Bonchev–Trinajstić information content (AvgIpc) is 1.99. The van der Waals surface area contributed by atoms with E-state index in [9.17, 15) is 8.78 Å². The van der Waals surface area contributed by atoms with E-state index in [1.165, 1.54) is 0 Å². The topological polar surface area (TPSA) is 38.0 Å². The van der Waals surface area contributed by atoms with Gasteiger partial charge in [-0.3, -0.25) is 5.84 Å². The van der Waals surface area contributed by atoms with Crippen molar-refractivity contribution in [2.45, 2.75) is 25.3 Å². The molecule has 0 aromatic heterocycles. The van der Waals surface area contributed by atoms with Crippen LogP contribution in [0.1, 0.15) is 22.7 Å². The Bertz CT molecular complexity index is 330. The van der Waals surface area contributed by atoms with Crippen LogP contribution in [0.25, 0.3) is 0 Å². The first-order valence-electron chi connectivity index (χ1n) is 4.45. The van der Waals surface area contributed by atoms with Gasteiger partial charge in [-0.1, -0.05) is 29.3 Å². The van der Waals surface area contributed by atoms with Gasteiger partial charge in [0, 0.05) is 0 Å². The highest BCUT2D eigenvalue weighted by Gasteiger charge is 2.37. The summed E-state index contributed by atoms with van der Waals surface area (Å²) in [5.74, 6) is 5.08. The van der Waals surface area contributed by atoms with Gasteiger partial charge in [-0.05, 0) is 31.0 Å². The molecule has 1 unspecified atom stereocenters. The summed E-state index contributed by atoms with van der Waals surface area (Å²) in [4.78, 5) is 0. The molecule has 0 fully saturated rings. The second-order valence-electron chi connectivity index (χ2n) is 3.56. The summed E-state index contributed by atoms with van der Waals surface area (Å²) in [6, 6.07) is 3.78. The zero-order valence-electron chi connectivity index (χ0n) is 8.52. The molecule has 1 aromatic carbocycles. The molecule has 0 bridgehead atoms. The lowest BCUT2D eigenvalue weighted by molar-refractivity contribution is 0.0497. The molecule has 0 saturated heterocycles. The van der Waals surface area contributed by atoms with Crippen molar-refractivity contribution in [3.63, 3.8) is 0 Å². The third-order valence-electron chi connectivity index (χ3n) is 2.07. The molecule has 0 heterocycles. The summed E-state index contributed by atoms with van der Waals surface area (Å²) < 4.78 is 25.9. The zero-order valence-corrected chi connectivity index (χ0v) is 9.28. The van der Waals surface area contributed by atoms with E-state index < -0.39 is 11.4 Å². The molecule has 3 N–H and O–H groups in total. The fourth-order valence-corrected chi connectivity index (χ4v) is 1.75. The van der Waals surface area contributed by atoms with Crippen molar-refractivity contribution < 1.29 is 8.78 Å². The Hall–Kier alpha value is -0.710. The Morgan fingerprint density at radius 3 is 2.07 bits per heavy atom. The standard InChI is InChI=1S/C10H13ClF2N2/c1-6-3-7(2)5-8(4-6)9(15-14)10(11,12)13/h3-5,9,15H,14H2,1-2H3. The summed E-state index contributed by atoms with van der Waals surface area (Å²) in [5, 5.41) is -3.41. The van der Waals surface area contributed by atoms with Crippen molar-refractivity contribution >= 4 is 11.6 Å². The second-order valence-corrected chi connectivity index (χ2v) is 4.07. The zero-order chi connectivity index (χ0) is 11.6. The number of hydrazine groups is 1. The summed E-state index contributed by atoms with van der Waals surface area (Å²) in [7, 11) is 0. The normalized spacial score (nSPS) is 14.0. The van der Waals surface area contributed by atoms with E-state index in [4.69, 9.17) is 17.4 Å². The van der Waals surface area contributed by atoms with Crippen molar-refractivity contribution in [2.75, 3.05) is 0 Å². The first-order valence-corrected chi connectivity index (χ1v) is 4.83. The van der Waals surface area contributed by atoms with Crippen LogP contribution in [-0.2, 0) is 0 Å². The molecule has 1 aromatic rings. The van der Waals surface area contributed by atoms with Gasteiger partial charge < -0.3 is 0 Å². The van der Waals surface area contributed by atoms with E-state index in [1.54, 1.807) is 12.1 Å². The van der Waals surface area contributed by atoms with E-state index in [0.717, 1.165) is 11.1 Å². The van der Waals surface area contributed by atoms with Gasteiger partial charge in [-0.15, -0.1) is 0 Å². The van der Waals surface area contributed by atoms with Crippen LogP contribution in [0.4, 0.5) is 8.78 Å². The molecule has 0 aliphatic rings. The van der Waals surface area contributed by atoms with Crippen LogP contribution < -0.4 is 11.3 Å². The maximum Gasteiger partial charge on any atom is 0.342 e. The number of aryl methyl sites for hydroxylation is 2. The summed E-state index contributed by atoms with van der Waals surface area (Å²) in [6.07, 6.45) is 0. The second kappa shape index (κ2) is 4.43. The van der Waals surface area contributed by atoms with Crippen molar-refractivity contribution in [1.29, 1.82) is 0 Å². The maximum atomic E-state index is 13.0. The molecular weight excluding hydrogens is 222 g/mol. The number of hydrogen-bond acceptors (Lipinski definition) is 2. The summed E-state index contributed by atoms with van der Waals surface area (Å²) in [5.41, 5.74) is 4.20. The fraction of sp³-hybridized carbons (Fsp3) is 0.400. The number of hydrogen-bond donors (Lipinski definition) is 2. The molecule has 0 amide bonds. The molecule has 15 heavy (non-hydrogen) atoms. The monoisotopic (exact) mass is 234 g/mol. The highest BCUT2D eigenvalue weighted by atomic mass is 35.5. The molecule has 0 aliphatic carbocycles. The minimum Gasteiger partial charge on any atom is -0.271 e. The van der Waals surface area contributed by atoms with Gasteiger partial charge in [0.25, 0.3) is 0 Å². The molecule has 0 aliphatic heterocycles. The third-order valence-corrected chi connectivity index (χ3v) is 2.29. The molecule has 84 valence electrons. The van der Waals surface area contributed by atoms with Crippen LogP contribution in [0.15, 0.2) is 18.2 Å². The van der Waals surface area contributed by atoms with Gasteiger partial charge in [-0.2, -0.15) is 8.78 Å². The maximum absolute atomic E-state index is 13.0. The van der Waals surface area contributed by atoms with Crippen molar-refractivity contribution in [2.24, 2.45) is 5.84 Å². The van der Waals surface area contributed by atoms with Crippen molar-refractivity contribution in [3.8, 4) is 0 Å². The van der Waals surface area contributed by atoms with Crippen LogP contribution >= 0.6 is 11.6 Å². The Labute approximate surface area is 92.4 Å². The molecule has 0 spiro atoms. The fourth-order valence-electron chi connectivity index (χ4n) is 1.56. The van der Waals surface area contributed by atoms with Crippen LogP contribution in [0.2, 0.25) is 0 Å². The number of rotatable bonds is 3. The van der Waals surface area contributed by atoms with E-state index in [1.807, 2.05) is 25.3 Å². The highest BCUT2D eigenvalue weighted by Crippen LogP contribution is 2.34. The average molecular weight is 235 g/mol. The summed E-state index contributed by atoms with van der Waals surface area (Å²) >= 11 is 4.96. The number of nitrogens with one attached hydrogen (secondary N) is 1. The predicted molar refractivity (Wildman–Crippen MR) is 56.8 cm³/mol. The minimum atomic E-state index is -3.41. The van der Waals surface area contributed by atoms with Gasteiger partial charge in [0.15, 0.2) is 0 Å². The summed E-state index contributed by atoms with van der Waals surface area (Å²) in [6.45, 7) is 3.66. The lowest BCUT2D eigenvalue weighted by atomic mass is 10.0. The molecule has 5 heteroatoms. The van der Waals surface area contributed by atoms with E-state index in [0.29, 0.717) is 5.56 Å². The van der Waals surface area contributed by atoms with Crippen LogP contribution in [-0.4, -0.2) is 5.38 Å². The predicted octanol–water partition coefficient (Wildman–Crippen LogP) is 2.64. The molecule has 0 radical (unpaired) electrons. The number of halogens is 3. The molecule has 0 saturated carbocycles. The van der Waals surface area contributed by atoms with E-state index >= 15 is 0 Å². The van der Waals surface area contributed by atoms with Crippen molar-refractivity contribution in [1.82, 2.24) is 5.43 Å². The lowest BCUT2D eigenvalue weighted by Gasteiger charge is -2.21. The molecule has 1 rings (SSSR count). The Morgan fingerprint density at radius 1 is 1.27 bits per heavy atom.